The van der Waals surface area contributed by atoms with E-state index in [-0.39, 0.29) is 4.90 Å². The monoisotopic (exact) mass is 337 g/mol. The summed E-state index contributed by atoms with van der Waals surface area (Å²) in [6.07, 6.45) is 3.75. The van der Waals surface area contributed by atoms with Crippen LogP contribution < -0.4 is 5.76 Å². The molecule has 2 aromatic rings. The third-order valence-corrected chi connectivity index (χ3v) is 6.79. The van der Waals surface area contributed by atoms with Gasteiger partial charge in [-0.2, -0.15) is 4.31 Å². The summed E-state index contributed by atoms with van der Waals surface area (Å²) < 4.78 is 32.0. The number of fused-ring (bicyclic) bond motifs is 1. The molecule has 4 rings (SSSR count). The second-order valence-electron chi connectivity index (χ2n) is 6.20. The molecule has 1 N–H and O–H groups in total. The Morgan fingerprint density at radius 3 is 2.52 bits per heavy atom. The number of hydrogen-bond acceptors (Lipinski definition) is 5. The highest BCUT2D eigenvalue weighted by Gasteiger charge is 2.33. The molecule has 1 aromatic heterocycles. The van der Waals surface area contributed by atoms with E-state index in [1.54, 1.807) is 0 Å². The summed E-state index contributed by atoms with van der Waals surface area (Å²) in [4.78, 5) is 16.3. The molecule has 0 spiro atoms. The van der Waals surface area contributed by atoms with Crippen LogP contribution in [0.5, 0.6) is 0 Å². The number of oxazole rings is 1. The Morgan fingerprint density at radius 1 is 1.13 bits per heavy atom. The molecule has 7 nitrogen and oxygen atoms in total. The van der Waals surface area contributed by atoms with E-state index < -0.39 is 15.8 Å². The van der Waals surface area contributed by atoms with Crippen LogP contribution in [0.1, 0.15) is 19.3 Å². The van der Waals surface area contributed by atoms with E-state index in [0.717, 1.165) is 13.1 Å². The molecule has 0 radical (unpaired) electrons. The van der Waals surface area contributed by atoms with Crippen molar-refractivity contribution in [2.45, 2.75) is 30.2 Å². The maximum Gasteiger partial charge on any atom is 0.417 e. The first-order valence-corrected chi connectivity index (χ1v) is 9.35. The second-order valence-corrected chi connectivity index (χ2v) is 8.14. The molecular weight excluding hydrogens is 318 g/mol. The van der Waals surface area contributed by atoms with Gasteiger partial charge in [0.1, 0.15) is 0 Å². The highest BCUT2D eigenvalue weighted by atomic mass is 32.2. The summed E-state index contributed by atoms with van der Waals surface area (Å²) in [6.45, 7) is 2.60. The number of H-pyrrole nitrogens is 1. The average molecular weight is 337 g/mol. The van der Waals surface area contributed by atoms with E-state index in [4.69, 9.17) is 4.42 Å². The van der Waals surface area contributed by atoms with Gasteiger partial charge >= 0.3 is 5.76 Å². The summed E-state index contributed by atoms with van der Waals surface area (Å²) in [5.74, 6) is -0.580. The Morgan fingerprint density at radius 2 is 1.87 bits per heavy atom. The molecule has 0 amide bonds. The molecule has 1 saturated heterocycles. The topological polar surface area (TPSA) is 86.6 Å². The van der Waals surface area contributed by atoms with Crippen molar-refractivity contribution in [3.8, 4) is 0 Å². The maximum absolute atomic E-state index is 12.8. The Hall–Kier alpha value is -1.64. The first-order valence-electron chi connectivity index (χ1n) is 7.91. The number of hydrogen-bond donors (Lipinski definition) is 1. The van der Waals surface area contributed by atoms with E-state index in [1.807, 2.05) is 0 Å². The highest BCUT2D eigenvalue weighted by Crippen LogP contribution is 2.27. The fourth-order valence-corrected chi connectivity index (χ4v) is 4.75. The van der Waals surface area contributed by atoms with E-state index in [0.29, 0.717) is 30.2 Å². The third-order valence-electron chi connectivity index (χ3n) is 4.89. The van der Waals surface area contributed by atoms with E-state index in [9.17, 15) is 13.2 Å². The fourth-order valence-electron chi connectivity index (χ4n) is 3.30. The number of aromatic nitrogens is 1. The number of nitrogens with zero attached hydrogens (tertiary/aromatic N) is 2. The van der Waals surface area contributed by atoms with Crippen molar-refractivity contribution in [3.05, 3.63) is 28.7 Å². The lowest BCUT2D eigenvalue weighted by Gasteiger charge is -2.42. The zero-order valence-corrected chi connectivity index (χ0v) is 13.5. The van der Waals surface area contributed by atoms with Gasteiger partial charge < -0.3 is 4.42 Å². The van der Waals surface area contributed by atoms with Gasteiger partial charge in [-0.15, -0.1) is 0 Å². The molecule has 2 aliphatic rings. The molecule has 1 saturated carbocycles. The van der Waals surface area contributed by atoms with Crippen molar-refractivity contribution in [3.63, 3.8) is 0 Å². The SMILES string of the molecule is O=c1[nH]c2cc(S(=O)(=O)N3CCN(C4CCC4)CC3)ccc2o1. The lowest BCUT2D eigenvalue weighted by atomic mass is 9.91. The zero-order valence-electron chi connectivity index (χ0n) is 12.7. The van der Waals surface area contributed by atoms with Crippen LogP contribution in [0, 0.1) is 0 Å². The predicted octanol–water partition coefficient (Wildman–Crippen LogP) is 0.980. The normalized spacial score (nSPS) is 21.6. The minimum absolute atomic E-state index is 0.194. The van der Waals surface area contributed by atoms with E-state index >= 15 is 0 Å². The molecule has 0 atom stereocenters. The number of benzene rings is 1. The molecule has 1 aromatic carbocycles. The Labute approximate surface area is 133 Å². The van der Waals surface area contributed by atoms with Crippen molar-refractivity contribution in [1.29, 1.82) is 0 Å². The molecule has 1 aliphatic heterocycles. The van der Waals surface area contributed by atoms with Gasteiger partial charge in [0.2, 0.25) is 10.0 Å². The number of aromatic amines is 1. The Balaban J connectivity index is 1.55. The van der Waals surface area contributed by atoms with Crippen LogP contribution in [-0.2, 0) is 10.0 Å². The van der Waals surface area contributed by atoms with Crippen LogP contribution in [0.15, 0.2) is 32.3 Å². The summed E-state index contributed by atoms with van der Waals surface area (Å²) in [7, 11) is -3.54. The van der Waals surface area contributed by atoms with E-state index in [1.165, 1.54) is 41.8 Å². The van der Waals surface area contributed by atoms with Gasteiger partial charge in [0.05, 0.1) is 10.4 Å². The molecule has 2 heterocycles. The van der Waals surface area contributed by atoms with Gasteiger partial charge in [-0.25, -0.2) is 13.2 Å². The highest BCUT2D eigenvalue weighted by molar-refractivity contribution is 7.89. The number of piperazine rings is 1. The summed E-state index contributed by atoms with van der Waals surface area (Å²) in [5.41, 5.74) is 0.771. The van der Waals surface area contributed by atoms with Crippen LogP contribution in [0.3, 0.4) is 0 Å². The minimum atomic E-state index is -3.54. The smallest absolute Gasteiger partial charge is 0.408 e. The van der Waals surface area contributed by atoms with Crippen LogP contribution in [0.25, 0.3) is 11.1 Å². The van der Waals surface area contributed by atoms with Gasteiger partial charge in [0.15, 0.2) is 5.58 Å². The van der Waals surface area contributed by atoms with Crippen molar-refractivity contribution in [2.75, 3.05) is 26.2 Å². The minimum Gasteiger partial charge on any atom is -0.408 e. The third kappa shape index (κ3) is 2.60. The van der Waals surface area contributed by atoms with Crippen molar-refractivity contribution >= 4 is 21.1 Å². The van der Waals surface area contributed by atoms with Crippen LogP contribution in [0.2, 0.25) is 0 Å². The van der Waals surface area contributed by atoms with Crippen molar-refractivity contribution < 1.29 is 12.8 Å². The molecule has 0 bridgehead atoms. The molecule has 8 heteroatoms. The fraction of sp³-hybridized carbons (Fsp3) is 0.533. The largest absolute Gasteiger partial charge is 0.417 e. The first kappa shape index (κ1) is 14.9. The van der Waals surface area contributed by atoms with Crippen molar-refractivity contribution in [2.24, 2.45) is 0 Å². The van der Waals surface area contributed by atoms with Gasteiger partial charge in [0, 0.05) is 32.2 Å². The first-order chi connectivity index (χ1) is 11.0. The lowest BCUT2D eigenvalue weighted by Crippen LogP contribution is -2.53. The predicted molar refractivity (Wildman–Crippen MR) is 84.8 cm³/mol. The van der Waals surface area contributed by atoms with Gasteiger partial charge in [0.25, 0.3) is 0 Å². The zero-order chi connectivity index (χ0) is 16.0. The maximum atomic E-state index is 12.8. The Kier molecular flexibility index (Phi) is 3.55. The lowest BCUT2D eigenvalue weighted by molar-refractivity contribution is 0.0889. The van der Waals surface area contributed by atoms with Crippen LogP contribution >= 0.6 is 0 Å². The van der Waals surface area contributed by atoms with Gasteiger partial charge in [-0.05, 0) is 31.0 Å². The van der Waals surface area contributed by atoms with Crippen LogP contribution in [-0.4, -0.2) is 54.8 Å². The molecule has 2 fully saturated rings. The summed E-state index contributed by atoms with van der Waals surface area (Å²) in [6, 6.07) is 5.12. The van der Waals surface area contributed by atoms with E-state index in [2.05, 4.69) is 9.88 Å². The molecule has 23 heavy (non-hydrogen) atoms. The quantitative estimate of drug-likeness (QED) is 0.902. The Bertz CT molecular complexity index is 874. The summed E-state index contributed by atoms with van der Waals surface area (Å²) in [5, 5.41) is 0. The molecule has 0 unspecified atom stereocenters. The second kappa shape index (κ2) is 5.47. The van der Waals surface area contributed by atoms with Gasteiger partial charge in [-0.1, -0.05) is 6.42 Å². The molecular formula is C15H19N3O4S. The number of sulfonamides is 1. The van der Waals surface area contributed by atoms with Crippen molar-refractivity contribution in [1.82, 2.24) is 14.2 Å². The number of rotatable bonds is 3. The average Bonchev–Trinajstić information content (AvgIpc) is 2.85. The number of nitrogens with one attached hydrogen (secondary N) is 1. The standard InChI is InChI=1S/C15H19N3O4S/c19-15-16-13-10-12(4-5-14(13)22-15)23(20,21)18-8-6-17(7-9-18)11-2-1-3-11/h4-5,10-11H,1-3,6-9H2,(H,16,19). The molecule has 1 aliphatic carbocycles. The molecule has 124 valence electrons. The van der Waals surface area contributed by atoms with Crippen LogP contribution in [0.4, 0.5) is 0 Å². The van der Waals surface area contributed by atoms with Gasteiger partial charge in [-0.3, -0.25) is 9.88 Å². The summed E-state index contributed by atoms with van der Waals surface area (Å²) >= 11 is 0.